The molecule has 1 aliphatic heterocycles. The van der Waals surface area contributed by atoms with E-state index in [4.69, 9.17) is 0 Å². The fourth-order valence-corrected chi connectivity index (χ4v) is 3.65. The molecule has 0 bridgehead atoms. The summed E-state index contributed by atoms with van der Waals surface area (Å²) in [6.45, 7) is 6.14. The molecule has 0 spiro atoms. The van der Waals surface area contributed by atoms with E-state index < -0.39 is 0 Å². The summed E-state index contributed by atoms with van der Waals surface area (Å²) in [5.41, 5.74) is 4.32. The molecule has 1 atom stereocenters. The van der Waals surface area contributed by atoms with Crippen molar-refractivity contribution in [3.63, 3.8) is 0 Å². The number of fused-ring (bicyclic) bond motifs is 1. The molecule has 0 saturated carbocycles. The van der Waals surface area contributed by atoms with Crippen LogP contribution in [0.25, 0.3) is 5.65 Å². The summed E-state index contributed by atoms with van der Waals surface area (Å²) in [6, 6.07) is 14.3. The second-order valence-corrected chi connectivity index (χ2v) is 7.00. The first kappa shape index (κ1) is 16.7. The fourth-order valence-electron chi connectivity index (χ4n) is 3.65. The number of aryl methyl sites for hydroxylation is 2. The van der Waals surface area contributed by atoms with Crippen LogP contribution < -0.4 is 0 Å². The highest BCUT2D eigenvalue weighted by atomic mass is 16.2. The minimum Gasteiger partial charge on any atom is -0.334 e. The Morgan fingerprint density at radius 2 is 1.88 bits per heavy atom. The predicted octanol–water partition coefficient (Wildman–Crippen LogP) is 2.48. The van der Waals surface area contributed by atoms with Gasteiger partial charge in [-0.15, -0.1) is 0 Å². The van der Waals surface area contributed by atoms with Crippen LogP contribution in [-0.4, -0.2) is 57.0 Å². The van der Waals surface area contributed by atoms with Crippen molar-refractivity contribution in [1.82, 2.24) is 24.4 Å². The molecule has 2 aromatic heterocycles. The van der Waals surface area contributed by atoms with Crippen LogP contribution >= 0.6 is 0 Å². The van der Waals surface area contributed by atoms with Gasteiger partial charge in [0.2, 0.25) is 0 Å². The van der Waals surface area contributed by atoms with Gasteiger partial charge in [0, 0.05) is 37.1 Å². The Morgan fingerprint density at radius 1 is 1.12 bits per heavy atom. The van der Waals surface area contributed by atoms with Crippen LogP contribution in [0.1, 0.15) is 33.5 Å². The molecule has 0 aliphatic carbocycles. The Bertz CT molecular complexity index is 949. The fraction of sp³-hybridized carbons (Fsp3) is 0.350. The first-order chi connectivity index (χ1) is 12.5. The van der Waals surface area contributed by atoms with Crippen LogP contribution in [-0.2, 0) is 0 Å². The lowest BCUT2D eigenvalue weighted by Gasteiger charge is -2.39. The van der Waals surface area contributed by atoms with Crippen molar-refractivity contribution in [3.05, 3.63) is 65.1 Å². The number of carbonyl (C=O) groups excluding carboxylic acids is 1. The molecule has 4 rings (SSSR count). The number of hydrogen-bond acceptors (Lipinski definition) is 4. The minimum absolute atomic E-state index is 0.0263. The highest BCUT2D eigenvalue weighted by Gasteiger charge is 2.30. The summed E-state index contributed by atoms with van der Waals surface area (Å²) >= 11 is 0. The molecule has 6 nitrogen and oxygen atoms in total. The molecule has 0 unspecified atom stereocenters. The van der Waals surface area contributed by atoms with Crippen LogP contribution in [0.5, 0.6) is 0 Å². The Balaban J connectivity index is 1.61. The Hall–Kier alpha value is -2.73. The van der Waals surface area contributed by atoms with Crippen LogP contribution in [0.2, 0.25) is 0 Å². The van der Waals surface area contributed by atoms with E-state index >= 15 is 0 Å². The van der Waals surface area contributed by atoms with Crippen molar-refractivity contribution >= 4 is 11.6 Å². The van der Waals surface area contributed by atoms with Crippen LogP contribution in [0.15, 0.2) is 42.5 Å². The molecule has 1 amide bonds. The van der Waals surface area contributed by atoms with E-state index in [-0.39, 0.29) is 11.9 Å². The molecule has 3 heterocycles. The van der Waals surface area contributed by atoms with Gasteiger partial charge in [0.25, 0.3) is 5.91 Å². The largest absolute Gasteiger partial charge is 0.334 e. The topological polar surface area (TPSA) is 53.7 Å². The smallest absolute Gasteiger partial charge is 0.274 e. The third kappa shape index (κ3) is 2.97. The highest BCUT2D eigenvalue weighted by Crippen LogP contribution is 2.24. The Labute approximate surface area is 153 Å². The summed E-state index contributed by atoms with van der Waals surface area (Å²) in [5, 5.41) is 4.49. The first-order valence-corrected chi connectivity index (χ1v) is 8.91. The molecule has 1 fully saturated rings. The molecule has 1 saturated heterocycles. The molecule has 134 valence electrons. The Kier molecular flexibility index (Phi) is 4.20. The molecule has 0 radical (unpaired) electrons. The van der Waals surface area contributed by atoms with Crippen molar-refractivity contribution < 1.29 is 4.79 Å². The number of piperazine rings is 1. The van der Waals surface area contributed by atoms with Gasteiger partial charge in [-0.1, -0.05) is 30.3 Å². The maximum absolute atomic E-state index is 13.1. The van der Waals surface area contributed by atoms with Gasteiger partial charge < -0.3 is 4.90 Å². The maximum atomic E-state index is 13.1. The van der Waals surface area contributed by atoms with Crippen LogP contribution in [0.3, 0.4) is 0 Å². The van der Waals surface area contributed by atoms with Crippen molar-refractivity contribution in [2.75, 3.05) is 26.7 Å². The van der Waals surface area contributed by atoms with Crippen LogP contribution in [0.4, 0.5) is 0 Å². The van der Waals surface area contributed by atoms with Crippen molar-refractivity contribution in [3.8, 4) is 0 Å². The predicted molar refractivity (Wildman–Crippen MR) is 100 cm³/mol. The number of rotatable bonds is 2. The van der Waals surface area contributed by atoms with Gasteiger partial charge in [-0.3, -0.25) is 9.69 Å². The number of nitrogens with zero attached hydrogens (tertiary/aromatic N) is 5. The zero-order valence-corrected chi connectivity index (χ0v) is 15.4. The summed E-state index contributed by atoms with van der Waals surface area (Å²) < 4.78 is 1.74. The third-order valence-electron chi connectivity index (χ3n) is 5.07. The lowest BCUT2D eigenvalue weighted by molar-refractivity contribution is 0.0540. The SMILES string of the molecule is Cc1cc(C)n2nc(C(=O)N3CCN(C)[C@H](c4ccccc4)C3)cc2n1. The summed E-state index contributed by atoms with van der Waals surface area (Å²) in [5.74, 6) is -0.0263. The number of benzene rings is 1. The van der Waals surface area contributed by atoms with E-state index in [1.165, 1.54) is 5.56 Å². The zero-order valence-electron chi connectivity index (χ0n) is 15.4. The Morgan fingerprint density at radius 3 is 2.65 bits per heavy atom. The van der Waals surface area contributed by atoms with Gasteiger partial charge in [0.05, 0.1) is 6.04 Å². The standard InChI is InChI=1S/C20H23N5O/c1-14-11-15(2)25-19(21-14)12-17(22-25)20(26)24-10-9-23(3)18(13-24)16-7-5-4-6-8-16/h4-8,11-12,18H,9-10,13H2,1-3H3/t18-/m0/s1. The molecule has 0 N–H and O–H groups in total. The number of carbonyl (C=O) groups is 1. The van der Waals surface area contributed by atoms with E-state index in [0.717, 1.165) is 23.6 Å². The van der Waals surface area contributed by atoms with Crippen molar-refractivity contribution in [1.29, 1.82) is 0 Å². The molecular formula is C20H23N5O. The minimum atomic E-state index is -0.0263. The number of amides is 1. The van der Waals surface area contributed by atoms with E-state index in [9.17, 15) is 4.79 Å². The molecule has 6 heteroatoms. The number of hydrogen-bond donors (Lipinski definition) is 0. The van der Waals surface area contributed by atoms with Gasteiger partial charge >= 0.3 is 0 Å². The lowest BCUT2D eigenvalue weighted by atomic mass is 10.0. The van der Waals surface area contributed by atoms with Gasteiger partial charge in [-0.2, -0.15) is 5.10 Å². The van der Waals surface area contributed by atoms with E-state index in [2.05, 4.69) is 34.2 Å². The van der Waals surface area contributed by atoms with Gasteiger partial charge in [-0.05, 0) is 32.5 Å². The van der Waals surface area contributed by atoms with E-state index in [1.807, 2.05) is 43.0 Å². The highest BCUT2D eigenvalue weighted by molar-refractivity contribution is 5.93. The van der Waals surface area contributed by atoms with Crippen LogP contribution in [0, 0.1) is 13.8 Å². The van der Waals surface area contributed by atoms with Gasteiger partial charge in [0.1, 0.15) is 0 Å². The second-order valence-electron chi connectivity index (χ2n) is 7.00. The summed E-state index contributed by atoms with van der Waals surface area (Å²) in [7, 11) is 2.11. The molecule has 1 aromatic carbocycles. The first-order valence-electron chi connectivity index (χ1n) is 8.91. The number of likely N-dealkylation sites (N-methyl/N-ethyl adjacent to an activating group) is 1. The average molecular weight is 349 g/mol. The van der Waals surface area contributed by atoms with Crippen molar-refractivity contribution in [2.24, 2.45) is 0 Å². The van der Waals surface area contributed by atoms with Crippen molar-refractivity contribution in [2.45, 2.75) is 19.9 Å². The molecule has 1 aliphatic rings. The molecule has 26 heavy (non-hydrogen) atoms. The maximum Gasteiger partial charge on any atom is 0.274 e. The summed E-state index contributed by atoms with van der Waals surface area (Å²) in [4.78, 5) is 21.7. The van der Waals surface area contributed by atoms with Gasteiger partial charge in [-0.25, -0.2) is 9.50 Å². The average Bonchev–Trinajstić information content (AvgIpc) is 3.06. The molecular weight excluding hydrogens is 326 g/mol. The van der Waals surface area contributed by atoms with E-state index in [0.29, 0.717) is 18.8 Å². The zero-order chi connectivity index (χ0) is 18.3. The quantitative estimate of drug-likeness (QED) is 0.713. The summed E-state index contributed by atoms with van der Waals surface area (Å²) in [6.07, 6.45) is 0. The monoisotopic (exact) mass is 349 g/mol. The second kappa shape index (κ2) is 6.53. The lowest BCUT2D eigenvalue weighted by Crippen LogP contribution is -2.49. The van der Waals surface area contributed by atoms with E-state index in [1.54, 1.807) is 10.6 Å². The molecule has 3 aromatic rings. The number of aromatic nitrogens is 3. The van der Waals surface area contributed by atoms with Gasteiger partial charge in [0.15, 0.2) is 11.3 Å². The normalized spacial score (nSPS) is 18.4. The third-order valence-corrected chi connectivity index (χ3v) is 5.07.